The van der Waals surface area contributed by atoms with Gasteiger partial charge in [-0.1, -0.05) is 30.7 Å². The Morgan fingerprint density at radius 2 is 1.87 bits per heavy atom. The van der Waals surface area contributed by atoms with E-state index < -0.39 is 5.97 Å². The number of pyridine rings is 1. The molecule has 0 radical (unpaired) electrons. The molecule has 0 fully saturated rings. The minimum atomic E-state index is -0.399. The Kier molecular flexibility index (Phi) is 7.78. The molecule has 0 aliphatic rings. The lowest BCUT2D eigenvalue weighted by Crippen LogP contribution is -2.09. The molecule has 2 aromatic heterocycles. The van der Waals surface area contributed by atoms with Gasteiger partial charge in [0.1, 0.15) is 22.4 Å². The summed E-state index contributed by atoms with van der Waals surface area (Å²) in [7, 11) is 0. The molecule has 7 nitrogen and oxygen atoms in total. The van der Waals surface area contributed by atoms with E-state index in [4.69, 9.17) is 21.1 Å². The molecule has 3 rings (SSSR count). The van der Waals surface area contributed by atoms with Crippen LogP contribution in [-0.2, 0) is 17.6 Å². The van der Waals surface area contributed by atoms with E-state index >= 15 is 0 Å². The highest BCUT2D eigenvalue weighted by atomic mass is 35.5. The molecule has 31 heavy (non-hydrogen) atoms. The van der Waals surface area contributed by atoms with Crippen LogP contribution in [0.25, 0.3) is 0 Å². The summed E-state index contributed by atoms with van der Waals surface area (Å²) in [6, 6.07) is 11.0. The molecule has 0 saturated heterocycles. The smallest absolute Gasteiger partial charge is 0.339 e. The van der Waals surface area contributed by atoms with Crippen molar-refractivity contribution in [1.29, 1.82) is 0 Å². The quantitative estimate of drug-likeness (QED) is 0.467. The Morgan fingerprint density at radius 3 is 2.52 bits per heavy atom. The number of ether oxygens (including phenoxy) is 2. The fourth-order valence-corrected chi connectivity index (χ4v) is 3.20. The fraction of sp³-hybridized carbons (Fsp3) is 0.304. The van der Waals surface area contributed by atoms with E-state index in [0.717, 1.165) is 24.1 Å². The molecule has 0 unspecified atom stereocenters. The van der Waals surface area contributed by atoms with Crippen LogP contribution in [0.3, 0.4) is 0 Å². The van der Waals surface area contributed by atoms with E-state index in [9.17, 15) is 4.79 Å². The number of benzene rings is 1. The van der Waals surface area contributed by atoms with Gasteiger partial charge in [-0.25, -0.2) is 19.7 Å². The largest absolute Gasteiger partial charge is 0.462 e. The number of nitrogens with one attached hydrogen (secondary N) is 1. The summed E-state index contributed by atoms with van der Waals surface area (Å²) in [6.07, 6.45) is 3.00. The second-order valence-electron chi connectivity index (χ2n) is 6.76. The number of nitrogens with zero attached hydrogens (tertiary/aromatic N) is 3. The van der Waals surface area contributed by atoms with Crippen LogP contribution >= 0.6 is 11.6 Å². The Morgan fingerprint density at radius 1 is 1.10 bits per heavy atom. The molecule has 162 valence electrons. The molecular formula is C23H25ClN4O3. The highest BCUT2D eigenvalue weighted by molar-refractivity contribution is 6.33. The summed E-state index contributed by atoms with van der Waals surface area (Å²) >= 11 is 6.37. The zero-order chi connectivity index (χ0) is 22.2. The van der Waals surface area contributed by atoms with Crippen molar-refractivity contribution in [3.8, 4) is 11.6 Å². The number of hydrogen-bond acceptors (Lipinski definition) is 7. The maximum atomic E-state index is 11.7. The van der Waals surface area contributed by atoms with Crippen LogP contribution in [0.4, 0.5) is 5.82 Å². The number of aryl methyl sites for hydroxylation is 2. The number of aromatic nitrogens is 3. The van der Waals surface area contributed by atoms with Crippen LogP contribution in [0.5, 0.6) is 11.6 Å². The van der Waals surface area contributed by atoms with Gasteiger partial charge in [0.15, 0.2) is 0 Å². The lowest BCUT2D eigenvalue weighted by atomic mass is 10.1. The van der Waals surface area contributed by atoms with Gasteiger partial charge in [0, 0.05) is 18.8 Å². The number of esters is 1. The molecule has 1 N–H and O–H groups in total. The van der Waals surface area contributed by atoms with Gasteiger partial charge >= 0.3 is 5.97 Å². The standard InChI is InChI=1S/C23H25ClN4O3/c1-4-19-21(24)22(28-15(3)27-19)25-13-12-16-6-9-18(10-7-16)31-20-11-8-17(14-26-20)23(29)30-5-2/h6-11,14H,4-5,12-13H2,1-3H3,(H,25,27,28). The number of carbonyl (C=O) groups is 1. The third-order valence-electron chi connectivity index (χ3n) is 4.47. The molecule has 3 aromatic rings. The molecule has 0 amide bonds. The van der Waals surface area contributed by atoms with Gasteiger partial charge in [0.2, 0.25) is 5.88 Å². The number of halogens is 1. The Hall–Kier alpha value is -3.19. The summed E-state index contributed by atoms with van der Waals surface area (Å²) in [5.41, 5.74) is 2.38. The third-order valence-corrected chi connectivity index (χ3v) is 4.86. The molecule has 0 aliphatic carbocycles. The molecule has 0 bridgehead atoms. The van der Waals surface area contributed by atoms with Crippen LogP contribution in [0.15, 0.2) is 42.6 Å². The third kappa shape index (κ3) is 6.15. The highest BCUT2D eigenvalue weighted by Gasteiger charge is 2.10. The van der Waals surface area contributed by atoms with Crippen LogP contribution in [0.2, 0.25) is 5.02 Å². The van der Waals surface area contributed by atoms with Crippen molar-refractivity contribution in [1.82, 2.24) is 15.0 Å². The van der Waals surface area contributed by atoms with Gasteiger partial charge in [-0.3, -0.25) is 0 Å². The second-order valence-corrected chi connectivity index (χ2v) is 7.14. The van der Waals surface area contributed by atoms with Gasteiger partial charge in [0.05, 0.1) is 17.9 Å². The summed E-state index contributed by atoms with van der Waals surface area (Å²) in [4.78, 5) is 24.6. The minimum Gasteiger partial charge on any atom is -0.462 e. The molecule has 2 heterocycles. The van der Waals surface area contributed by atoms with Gasteiger partial charge in [-0.2, -0.15) is 0 Å². The van der Waals surface area contributed by atoms with E-state index in [-0.39, 0.29) is 0 Å². The van der Waals surface area contributed by atoms with Gasteiger partial charge in [-0.15, -0.1) is 0 Å². The van der Waals surface area contributed by atoms with Crippen molar-refractivity contribution in [2.24, 2.45) is 0 Å². The Balaban J connectivity index is 1.54. The van der Waals surface area contributed by atoms with E-state index in [2.05, 4.69) is 20.3 Å². The summed E-state index contributed by atoms with van der Waals surface area (Å²) < 4.78 is 10.7. The SMILES string of the molecule is CCOC(=O)c1ccc(Oc2ccc(CCNc3nc(C)nc(CC)c3Cl)cc2)nc1. The first-order chi connectivity index (χ1) is 15.0. The fourth-order valence-electron chi connectivity index (χ4n) is 2.91. The summed E-state index contributed by atoms with van der Waals surface area (Å²) in [5.74, 6) is 2.04. The maximum Gasteiger partial charge on any atom is 0.339 e. The summed E-state index contributed by atoms with van der Waals surface area (Å²) in [5, 5.41) is 3.87. The maximum absolute atomic E-state index is 11.7. The Bertz CT molecular complexity index is 1020. The predicted molar refractivity (Wildman–Crippen MR) is 120 cm³/mol. The predicted octanol–water partition coefficient (Wildman–Crippen LogP) is 5.02. The topological polar surface area (TPSA) is 86.2 Å². The molecule has 0 aliphatic heterocycles. The van der Waals surface area contributed by atoms with Gasteiger partial charge in [-0.05, 0) is 50.5 Å². The number of anilines is 1. The van der Waals surface area contributed by atoms with E-state index in [1.54, 1.807) is 19.1 Å². The Labute approximate surface area is 186 Å². The second kappa shape index (κ2) is 10.7. The van der Waals surface area contributed by atoms with E-state index in [1.807, 2.05) is 38.1 Å². The molecule has 0 atom stereocenters. The van der Waals surface area contributed by atoms with Crippen molar-refractivity contribution in [3.05, 3.63) is 70.3 Å². The zero-order valence-corrected chi connectivity index (χ0v) is 18.6. The first-order valence-corrected chi connectivity index (χ1v) is 10.5. The molecule has 0 spiro atoms. The first kappa shape index (κ1) is 22.5. The summed E-state index contributed by atoms with van der Waals surface area (Å²) in [6.45, 7) is 6.65. The van der Waals surface area contributed by atoms with Crippen molar-refractivity contribution in [2.45, 2.75) is 33.6 Å². The van der Waals surface area contributed by atoms with Crippen LogP contribution in [0, 0.1) is 6.92 Å². The lowest BCUT2D eigenvalue weighted by Gasteiger charge is -2.11. The van der Waals surface area contributed by atoms with Gasteiger partial charge < -0.3 is 14.8 Å². The zero-order valence-electron chi connectivity index (χ0n) is 17.8. The van der Waals surface area contributed by atoms with Crippen LogP contribution in [-0.4, -0.2) is 34.1 Å². The first-order valence-electron chi connectivity index (χ1n) is 10.2. The van der Waals surface area contributed by atoms with Crippen LogP contribution < -0.4 is 10.1 Å². The van der Waals surface area contributed by atoms with Crippen LogP contribution in [0.1, 0.15) is 41.3 Å². The van der Waals surface area contributed by atoms with Crippen molar-refractivity contribution < 1.29 is 14.3 Å². The molecular weight excluding hydrogens is 416 g/mol. The van der Waals surface area contributed by atoms with Crippen molar-refractivity contribution in [3.63, 3.8) is 0 Å². The lowest BCUT2D eigenvalue weighted by molar-refractivity contribution is 0.0526. The normalized spacial score (nSPS) is 10.6. The van der Waals surface area contributed by atoms with Crippen molar-refractivity contribution >= 4 is 23.4 Å². The number of carbonyl (C=O) groups excluding carboxylic acids is 1. The average Bonchev–Trinajstić information content (AvgIpc) is 2.77. The molecule has 1 aromatic carbocycles. The highest BCUT2D eigenvalue weighted by Crippen LogP contribution is 2.24. The molecule has 8 heteroatoms. The minimum absolute atomic E-state index is 0.324. The van der Waals surface area contributed by atoms with E-state index in [1.165, 1.54) is 6.20 Å². The average molecular weight is 441 g/mol. The monoisotopic (exact) mass is 440 g/mol. The number of rotatable bonds is 9. The van der Waals surface area contributed by atoms with E-state index in [0.29, 0.717) is 47.0 Å². The van der Waals surface area contributed by atoms with Gasteiger partial charge in [0.25, 0.3) is 0 Å². The number of hydrogen-bond donors (Lipinski definition) is 1. The molecule has 0 saturated carbocycles. The van der Waals surface area contributed by atoms with Crippen molar-refractivity contribution in [2.75, 3.05) is 18.5 Å².